The van der Waals surface area contributed by atoms with Crippen molar-refractivity contribution >= 4 is 21.9 Å². The molecule has 3 aromatic rings. The second-order valence-corrected chi connectivity index (χ2v) is 7.21. The molecule has 0 saturated carbocycles. The van der Waals surface area contributed by atoms with E-state index in [9.17, 15) is 40.5 Å². The first-order valence-corrected chi connectivity index (χ1v) is 9.23. The molecule has 1 aliphatic heterocycles. The summed E-state index contributed by atoms with van der Waals surface area (Å²) in [4.78, 5) is 13.1. The van der Waals surface area contributed by atoms with Crippen molar-refractivity contribution in [1.82, 2.24) is 0 Å². The van der Waals surface area contributed by atoms with E-state index in [-0.39, 0.29) is 33.4 Å². The number of fused-ring (bicyclic) bond motifs is 2. The van der Waals surface area contributed by atoms with Crippen molar-refractivity contribution in [3.8, 4) is 23.0 Å². The fourth-order valence-corrected chi connectivity index (χ4v) is 3.84. The number of aliphatic hydroxyl groups is 4. The zero-order chi connectivity index (χ0) is 22.6. The summed E-state index contributed by atoms with van der Waals surface area (Å²) in [7, 11) is 1.26. The van der Waals surface area contributed by atoms with Crippen molar-refractivity contribution in [2.45, 2.75) is 30.5 Å². The summed E-state index contributed by atoms with van der Waals surface area (Å²) < 4.78 is 16.1. The Morgan fingerprint density at radius 3 is 2.39 bits per heavy atom. The van der Waals surface area contributed by atoms with Gasteiger partial charge in [0, 0.05) is 6.07 Å². The van der Waals surface area contributed by atoms with Crippen LogP contribution in [0, 0.1) is 0 Å². The van der Waals surface area contributed by atoms with Crippen molar-refractivity contribution in [3.05, 3.63) is 34.0 Å². The predicted octanol–water partition coefficient (Wildman–Crippen LogP) is -0.414. The van der Waals surface area contributed by atoms with Gasteiger partial charge in [0.15, 0.2) is 11.3 Å². The van der Waals surface area contributed by atoms with E-state index in [0.29, 0.717) is 0 Å². The summed E-state index contributed by atoms with van der Waals surface area (Å²) >= 11 is 0. The lowest BCUT2D eigenvalue weighted by Crippen LogP contribution is -2.55. The predicted molar refractivity (Wildman–Crippen MR) is 104 cm³/mol. The molecule has 166 valence electrons. The number of hydrogen-bond acceptors (Lipinski definition) is 11. The Kier molecular flexibility index (Phi) is 5.15. The van der Waals surface area contributed by atoms with Gasteiger partial charge in [0.05, 0.1) is 24.7 Å². The van der Waals surface area contributed by atoms with Gasteiger partial charge in [-0.15, -0.1) is 0 Å². The lowest BCUT2D eigenvalue weighted by molar-refractivity contribution is -0.232. The van der Waals surface area contributed by atoms with Gasteiger partial charge in [-0.05, 0) is 12.1 Å². The standard InChI is InChI=1S/C20H20O11/c1-29-19-7(22)3-2-6-13(24)12-9(30-18(6)19)4-8(23)11(15(12)26)20-17(28)16(27)14(25)10(5-21)31-20/h2-4,10,14,16-17,20-23,25-28H,5H2,1H3/t10-,14-,16+,17-,20+/m1/s1. The quantitative estimate of drug-likeness (QED) is 0.264. The molecular weight excluding hydrogens is 416 g/mol. The van der Waals surface area contributed by atoms with Crippen LogP contribution in [-0.2, 0) is 4.74 Å². The van der Waals surface area contributed by atoms with Crippen LogP contribution < -0.4 is 10.2 Å². The smallest absolute Gasteiger partial charge is 0.204 e. The lowest BCUT2D eigenvalue weighted by atomic mass is 9.89. The zero-order valence-electron chi connectivity index (χ0n) is 16.1. The van der Waals surface area contributed by atoms with Crippen LogP contribution in [0.1, 0.15) is 11.7 Å². The Morgan fingerprint density at radius 1 is 1.03 bits per heavy atom. The van der Waals surface area contributed by atoms with Crippen LogP contribution in [0.25, 0.3) is 21.9 Å². The minimum absolute atomic E-state index is 0.0390. The molecule has 1 aromatic heterocycles. The molecule has 11 heteroatoms. The molecule has 1 saturated heterocycles. The van der Waals surface area contributed by atoms with Gasteiger partial charge in [0.2, 0.25) is 11.2 Å². The third-order valence-electron chi connectivity index (χ3n) is 5.44. The van der Waals surface area contributed by atoms with Crippen molar-refractivity contribution in [2.24, 2.45) is 0 Å². The Labute approximate surface area is 173 Å². The summed E-state index contributed by atoms with van der Waals surface area (Å²) in [5.41, 5.74) is -1.51. The van der Waals surface area contributed by atoms with Crippen LogP contribution in [0.15, 0.2) is 27.4 Å². The maximum atomic E-state index is 13.1. The molecular formula is C20H20O11. The van der Waals surface area contributed by atoms with Crippen LogP contribution in [0.2, 0.25) is 0 Å². The fourth-order valence-electron chi connectivity index (χ4n) is 3.84. The molecule has 7 N–H and O–H groups in total. The largest absolute Gasteiger partial charge is 0.507 e. The van der Waals surface area contributed by atoms with Crippen LogP contribution in [0.5, 0.6) is 23.0 Å². The molecule has 2 heterocycles. The van der Waals surface area contributed by atoms with Crippen LogP contribution in [0.3, 0.4) is 0 Å². The Morgan fingerprint density at radius 2 is 1.74 bits per heavy atom. The Hall–Kier alpha value is -3.09. The maximum Gasteiger partial charge on any atom is 0.204 e. The minimum atomic E-state index is -1.79. The number of hydrogen-bond donors (Lipinski definition) is 7. The Bertz CT molecular complexity index is 1220. The van der Waals surface area contributed by atoms with E-state index < -0.39 is 59.6 Å². The number of phenolic OH excluding ortho intramolecular Hbond substituents is 3. The summed E-state index contributed by atoms with van der Waals surface area (Å²) in [6.45, 7) is -0.716. The molecule has 0 spiro atoms. The molecule has 31 heavy (non-hydrogen) atoms. The number of aliphatic hydroxyl groups excluding tert-OH is 4. The molecule has 1 fully saturated rings. The monoisotopic (exact) mass is 436 g/mol. The first-order chi connectivity index (χ1) is 14.7. The van der Waals surface area contributed by atoms with E-state index in [1.807, 2.05) is 0 Å². The molecule has 1 aliphatic rings. The molecule has 11 nitrogen and oxygen atoms in total. The SMILES string of the molecule is COc1c(O)ccc2c(=O)c3c(O)c([C@@H]4O[C@H](CO)[C@@H](O)[C@H](O)[C@H]4O)c(O)cc3oc12. The van der Waals surface area contributed by atoms with Gasteiger partial charge in [-0.1, -0.05) is 0 Å². The maximum absolute atomic E-state index is 13.1. The highest BCUT2D eigenvalue weighted by atomic mass is 16.5. The number of phenols is 3. The second-order valence-electron chi connectivity index (χ2n) is 7.21. The number of aromatic hydroxyl groups is 3. The summed E-state index contributed by atoms with van der Waals surface area (Å²) in [5.74, 6) is -1.82. The van der Waals surface area contributed by atoms with Crippen molar-refractivity contribution in [1.29, 1.82) is 0 Å². The van der Waals surface area contributed by atoms with Gasteiger partial charge in [-0.25, -0.2) is 0 Å². The van der Waals surface area contributed by atoms with E-state index in [1.165, 1.54) is 19.2 Å². The molecule has 0 amide bonds. The van der Waals surface area contributed by atoms with Crippen LogP contribution in [-0.4, -0.2) is 73.9 Å². The number of rotatable bonds is 3. The number of benzene rings is 2. The number of ether oxygens (including phenoxy) is 2. The van der Waals surface area contributed by atoms with Crippen LogP contribution in [0.4, 0.5) is 0 Å². The third-order valence-corrected chi connectivity index (χ3v) is 5.44. The van der Waals surface area contributed by atoms with E-state index in [4.69, 9.17) is 13.9 Å². The van der Waals surface area contributed by atoms with E-state index in [1.54, 1.807) is 0 Å². The zero-order valence-corrected chi connectivity index (χ0v) is 16.1. The summed E-state index contributed by atoms with van der Waals surface area (Å²) in [6, 6.07) is 3.47. The highest BCUT2D eigenvalue weighted by Crippen LogP contribution is 2.45. The second kappa shape index (κ2) is 7.55. The van der Waals surface area contributed by atoms with Gasteiger partial charge < -0.3 is 49.6 Å². The Balaban J connectivity index is 1.99. The molecule has 0 aliphatic carbocycles. The summed E-state index contributed by atoms with van der Waals surface area (Å²) in [5, 5.41) is 70.6. The van der Waals surface area contributed by atoms with E-state index >= 15 is 0 Å². The average Bonchev–Trinajstić information content (AvgIpc) is 2.73. The first-order valence-electron chi connectivity index (χ1n) is 9.23. The lowest BCUT2D eigenvalue weighted by Gasteiger charge is -2.40. The molecule has 4 rings (SSSR count). The van der Waals surface area contributed by atoms with Gasteiger partial charge in [0.25, 0.3) is 0 Å². The van der Waals surface area contributed by atoms with Gasteiger partial charge in [-0.3, -0.25) is 4.79 Å². The van der Waals surface area contributed by atoms with Gasteiger partial charge in [-0.2, -0.15) is 0 Å². The van der Waals surface area contributed by atoms with Crippen molar-refractivity contribution in [2.75, 3.05) is 13.7 Å². The highest BCUT2D eigenvalue weighted by Gasteiger charge is 2.46. The topological polar surface area (TPSA) is 190 Å². The van der Waals surface area contributed by atoms with Crippen LogP contribution >= 0.6 is 0 Å². The average molecular weight is 436 g/mol. The third kappa shape index (κ3) is 3.06. The molecule has 2 aromatic carbocycles. The summed E-state index contributed by atoms with van der Waals surface area (Å²) in [6.07, 6.45) is -8.07. The van der Waals surface area contributed by atoms with Crippen molar-refractivity contribution in [3.63, 3.8) is 0 Å². The molecule has 0 unspecified atom stereocenters. The van der Waals surface area contributed by atoms with Crippen molar-refractivity contribution < 1.29 is 49.6 Å². The molecule has 5 atom stereocenters. The van der Waals surface area contributed by atoms with E-state index in [2.05, 4.69) is 0 Å². The van der Waals surface area contributed by atoms with Gasteiger partial charge in [0.1, 0.15) is 53.0 Å². The molecule has 0 radical (unpaired) electrons. The highest BCUT2D eigenvalue weighted by molar-refractivity contribution is 5.97. The minimum Gasteiger partial charge on any atom is -0.507 e. The van der Waals surface area contributed by atoms with Gasteiger partial charge >= 0.3 is 0 Å². The fraction of sp³-hybridized carbons (Fsp3) is 0.350. The van der Waals surface area contributed by atoms with E-state index in [0.717, 1.165) is 6.07 Å². The molecule has 0 bridgehead atoms. The number of methoxy groups -OCH3 is 1. The first kappa shape index (κ1) is 21.2. The normalized spacial score (nSPS) is 26.4.